The van der Waals surface area contributed by atoms with E-state index in [-0.39, 0.29) is 6.16 Å². The van der Waals surface area contributed by atoms with Gasteiger partial charge in [-0.25, -0.2) is 0 Å². The second-order valence-corrected chi connectivity index (χ2v) is 4.59. The number of aliphatic carboxylic acids is 1. The number of hydrogen-bond acceptors (Lipinski definition) is 3. The first-order chi connectivity index (χ1) is 4.95. The predicted molar refractivity (Wildman–Crippen MR) is 42.9 cm³/mol. The van der Waals surface area contributed by atoms with Crippen molar-refractivity contribution in [2.45, 2.75) is 19.6 Å². The third kappa shape index (κ3) is 4.06. The minimum atomic E-state index is -1.56. The van der Waals surface area contributed by atoms with E-state index in [1.54, 1.807) is 6.92 Å². The van der Waals surface area contributed by atoms with Crippen molar-refractivity contribution in [1.29, 1.82) is 0 Å². The minimum Gasteiger partial charge on any atom is -0.481 e. The normalized spacial score (nSPS) is 17.2. The summed E-state index contributed by atoms with van der Waals surface area (Å²) in [6.07, 6.45) is 0.169. The van der Waals surface area contributed by atoms with E-state index in [0.29, 0.717) is 0 Å². The van der Waals surface area contributed by atoms with Gasteiger partial charge in [0.1, 0.15) is 0 Å². The van der Waals surface area contributed by atoms with Gasteiger partial charge < -0.3 is 5.11 Å². The second kappa shape index (κ2) is 4.42. The molecule has 0 aromatic rings. The molecule has 5 heteroatoms. The van der Waals surface area contributed by atoms with Crippen LogP contribution < -0.4 is 5.73 Å². The monoisotopic (exact) mass is 178 g/mol. The van der Waals surface area contributed by atoms with Crippen LogP contribution in [0.1, 0.15) is 13.8 Å². The smallest absolute Gasteiger partial charge is 0.357 e. The summed E-state index contributed by atoms with van der Waals surface area (Å²) in [4.78, 5) is 10.3. The van der Waals surface area contributed by atoms with Crippen molar-refractivity contribution in [1.82, 2.24) is 0 Å². The molecule has 4 nitrogen and oxygen atoms in total. The van der Waals surface area contributed by atoms with Crippen molar-refractivity contribution in [3.8, 4) is 0 Å². The van der Waals surface area contributed by atoms with Crippen LogP contribution in [0.4, 0.5) is 0 Å². The van der Waals surface area contributed by atoms with E-state index in [4.69, 9.17) is 10.8 Å². The Bertz CT molecular complexity index is 169. The number of carboxylic acid groups (broad SMARTS) is 1. The fraction of sp³-hybridized carbons (Fsp3) is 0.833. The zero-order chi connectivity index (χ0) is 9.02. The summed E-state index contributed by atoms with van der Waals surface area (Å²) in [5, 5.41) is 8.44. The Morgan fingerprint density at radius 3 is 2.36 bits per heavy atom. The molecule has 64 valence electrons. The van der Waals surface area contributed by atoms with Gasteiger partial charge in [0.05, 0.1) is 5.92 Å². The zero-order valence-electron chi connectivity index (χ0n) is 6.65. The summed E-state index contributed by atoms with van der Waals surface area (Å²) >= 11 is 0. The van der Waals surface area contributed by atoms with E-state index in [9.17, 15) is 9.36 Å². The molecule has 11 heavy (non-hydrogen) atoms. The lowest BCUT2D eigenvalue weighted by atomic mass is 10.2. The highest BCUT2D eigenvalue weighted by Crippen LogP contribution is 2.26. The number of nitrogens with two attached hydrogens (primary N) is 1. The lowest BCUT2D eigenvalue weighted by Crippen LogP contribution is -2.17. The van der Waals surface area contributed by atoms with Crippen LogP contribution in [0.5, 0.6) is 0 Å². The van der Waals surface area contributed by atoms with Gasteiger partial charge in [0.15, 0.2) is 6.16 Å². The lowest BCUT2D eigenvalue weighted by Gasteiger charge is -1.97. The van der Waals surface area contributed by atoms with E-state index in [1.807, 2.05) is 0 Å². The van der Waals surface area contributed by atoms with Crippen LogP contribution in [0, 0.1) is 5.92 Å². The number of carbonyl (C=O) groups is 1. The lowest BCUT2D eigenvalue weighted by molar-refractivity contribution is -0.140. The molecule has 1 unspecified atom stereocenters. The average molecular weight is 178 g/mol. The summed E-state index contributed by atoms with van der Waals surface area (Å²) in [6, 6.07) is 0. The Labute approximate surface area is 66.6 Å². The molecule has 0 heterocycles. The molecule has 0 aromatic carbocycles. The Hall–Kier alpha value is -0.470. The van der Waals surface area contributed by atoms with Crippen LogP contribution in [0.3, 0.4) is 0 Å². The molecule has 0 aliphatic heterocycles. The van der Waals surface area contributed by atoms with Crippen molar-refractivity contribution in [2.75, 3.05) is 6.16 Å². The summed E-state index contributed by atoms with van der Waals surface area (Å²) in [5.74, 6) is -1.90. The molecule has 0 radical (unpaired) electrons. The molecule has 0 fully saturated rings. The molecule has 0 spiro atoms. The van der Waals surface area contributed by atoms with Crippen molar-refractivity contribution >= 4 is 13.8 Å². The second-order valence-electron chi connectivity index (χ2n) is 2.58. The summed E-state index contributed by atoms with van der Waals surface area (Å²) in [7, 11) is -1.56. The van der Waals surface area contributed by atoms with Gasteiger partial charge in [0.2, 0.25) is 5.78 Å². The highest BCUT2D eigenvalue weighted by Gasteiger charge is 2.27. The van der Waals surface area contributed by atoms with Crippen LogP contribution in [0.15, 0.2) is 0 Å². The largest absolute Gasteiger partial charge is 0.481 e. The quantitative estimate of drug-likeness (QED) is 0.625. The van der Waals surface area contributed by atoms with Crippen LogP contribution in [0.25, 0.3) is 0 Å². The number of hydrogen-bond donors (Lipinski definition) is 2. The first-order valence-corrected chi connectivity index (χ1v) is 4.88. The molecule has 0 bridgehead atoms. The van der Waals surface area contributed by atoms with Crippen LogP contribution in [-0.4, -0.2) is 23.0 Å². The molecule has 3 atom stereocenters. The van der Waals surface area contributed by atoms with Crippen molar-refractivity contribution in [3.63, 3.8) is 0 Å². The third-order valence-corrected chi connectivity index (χ3v) is 3.15. The molecule has 0 aliphatic rings. The fourth-order valence-corrected chi connectivity index (χ4v) is 1.54. The van der Waals surface area contributed by atoms with Gasteiger partial charge in [-0.05, 0) is 13.8 Å². The van der Waals surface area contributed by atoms with Crippen molar-refractivity contribution in [3.05, 3.63) is 0 Å². The first-order valence-electron chi connectivity index (χ1n) is 3.37. The topological polar surface area (TPSA) is 80.4 Å². The molecule has 0 aromatic heterocycles. The summed E-state index contributed by atoms with van der Waals surface area (Å²) in [5.41, 5.74) is 5.31. The first kappa shape index (κ1) is 10.5. The summed E-state index contributed by atoms with van der Waals surface area (Å²) in [6.45, 7) is 3.14. The summed E-state index contributed by atoms with van der Waals surface area (Å²) < 4.78 is 11.0. The molecule has 0 rings (SSSR count). The maximum Gasteiger partial charge on any atom is 0.357 e. The predicted octanol–water partition coefficient (Wildman–Crippen LogP) is 0.839. The number of rotatable bonds is 4. The molecule has 0 amide bonds. The van der Waals surface area contributed by atoms with Crippen molar-refractivity contribution < 1.29 is 14.5 Å². The van der Waals surface area contributed by atoms with Crippen molar-refractivity contribution in [2.24, 2.45) is 11.7 Å². The Kier molecular flexibility index (Phi) is 4.23. The van der Waals surface area contributed by atoms with E-state index in [0.717, 1.165) is 0 Å². The van der Waals surface area contributed by atoms with Gasteiger partial charge in [0, 0.05) is 0 Å². The van der Waals surface area contributed by atoms with E-state index in [2.05, 4.69) is 0 Å². The van der Waals surface area contributed by atoms with Gasteiger partial charge in [-0.15, -0.1) is 0 Å². The van der Waals surface area contributed by atoms with Crippen LogP contribution in [0.2, 0.25) is 0 Å². The minimum absolute atomic E-state index is 0.169. The molecule has 0 aliphatic carbocycles. The molecule has 3 N–H and O–H groups in total. The Morgan fingerprint density at radius 1 is 1.64 bits per heavy atom. The zero-order valence-corrected chi connectivity index (χ0v) is 7.54. The van der Waals surface area contributed by atoms with Gasteiger partial charge in [-0.1, -0.05) is 4.57 Å². The maximum absolute atomic E-state index is 11.0. The average Bonchev–Trinajstić information content (AvgIpc) is 1.87. The standard InChI is InChI=1S/C6H12NO3P/c1-4(6(8)9)3-11(10)5(2)7/h4-5H,3,7H2,1-2H3/p+1/t4-,5+/m1/s1. The fourth-order valence-electron chi connectivity index (χ4n) is 0.514. The highest BCUT2D eigenvalue weighted by atomic mass is 31.1. The van der Waals surface area contributed by atoms with Gasteiger partial charge in [-0.3, -0.25) is 10.5 Å². The van der Waals surface area contributed by atoms with E-state index in [1.165, 1.54) is 6.92 Å². The molecule has 0 saturated heterocycles. The maximum atomic E-state index is 11.0. The van der Waals surface area contributed by atoms with Gasteiger partial charge in [0.25, 0.3) is 0 Å². The van der Waals surface area contributed by atoms with E-state index >= 15 is 0 Å². The van der Waals surface area contributed by atoms with Gasteiger partial charge >= 0.3 is 13.8 Å². The van der Waals surface area contributed by atoms with Crippen LogP contribution >= 0.6 is 7.80 Å². The SMILES string of the molecule is C[C@H](C[P+](=O)[C@@H](C)N)C(=O)O. The highest BCUT2D eigenvalue weighted by molar-refractivity contribution is 7.45. The Morgan fingerprint density at radius 2 is 2.09 bits per heavy atom. The molecular formula is C6H13NO3P+. The van der Waals surface area contributed by atoms with Gasteiger partial charge in [-0.2, -0.15) is 0 Å². The third-order valence-electron chi connectivity index (χ3n) is 1.33. The molecule has 0 saturated carbocycles. The van der Waals surface area contributed by atoms with Crippen LogP contribution in [-0.2, 0) is 9.36 Å². The Balaban J connectivity index is 3.85. The molecular weight excluding hydrogens is 165 g/mol. The number of carboxylic acids is 1. The van der Waals surface area contributed by atoms with E-state index < -0.39 is 25.5 Å².